The molecule has 0 heterocycles. The Morgan fingerprint density at radius 1 is 1.14 bits per heavy atom. The normalized spacial score (nSPS) is 22.8. The van der Waals surface area contributed by atoms with Crippen LogP contribution in [0.1, 0.15) is 63.7 Å². The summed E-state index contributed by atoms with van der Waals surface area (Å²) in [6.07, 6.45) is 6.23. The number of benzene rings is 2. The maximum Gasteiger partial charge on any atom is 0.338 e. The fourth-order valence-corrected chi connectivity index (χ4v) is 5.88. The minimum absolute atomic E-state index is 0.0675. The molecular weight excluding hydrogens is 376 g/mol. The van der Waals surface area contributed by atoms with Crippen molar-refractivity contribution in [2.24, 2.45) is 5.92 Å². The monoisotopic (exact) mass is 408 g/mol. The predicted octanol–water partition coefficient (Wildman–Crippen LogP) is 7.31. The third kappa shape index (κ3) is 5.33. The highest BCUT2D eigenvalue weighted by molar-refractivity contribution is 8.00. The van der Waals surface area contributed by atoms with E-state index < -0.39 is 5.60 Å². The van der Waals surface area contributed by atoms with Gasteiger partial charge in [0, 0.05) is 15.6 Å². The van der Waals surface area contributed by atoms with Gasteiger partial charge in [0.15, 0.2) is 0 Å². The van der Waals surface area contributed by atoms with Crippen LogP contribution >= 0.6 is 11.8 Å². The number of rotatable bonds is 8. The summed E-state index contributed by atoms with van der Waals surface area (Å²) in [4.78, 5) is 14.2. The molecule has 3 atom stereocenters. The molecule has 0 saturated heterocycles. The fraction of sp³-hybridized carbons (Fsp3) is 0.423. The number of allylic oxidation sites excluding steroid dienone is 2. The molecule has 0 unspecified atom stereocenters. The van der Waals surface area contributed by atoms with E-state index in [1.54, 1.807) is 0 Å². The molecule has 0 amide bonds. The summed E-state index contributed by atoms with van der Waals surface area (Å²) in [5.41, 5.74) is 1.43. The van der Waals surface area contributed by atoms with Crippen molar-refractivity contribution >= 4 is 17.7 Å². The van der Waals surface area contributed by atoms with E-state index in [1.165, 1.54) is 10.5 Å². The molecule has 0 aromatic heterocycles. The maximum atomic E-state index is 12.9. The Labute approximate surface area is 179 Å². The second-order valence-corrected chi connectivity index (χ2v) is 10.3. The van der Waals surface area contributed by atoms with Gasteiger partial charge in [0.1, 0.15) is 5.60 Å². The summed E-state index contributed by atoms with van der Waals surface area (Å²) >= 11 is 1.92. The molecule has 0 radical (unpaired) electrons. The highest BCUT2D eigenvalue weighted by atomic mass is 32.2. The smallest absolute Gasteiger partial charge is 0.338 e. The van der Waals surface area contributed by atoms with Crippen LogP contribution in [0.3, 0.4) is 0 Å². The maximum absolute atomic E-state index is 12.9. The Bertz CT molecular complexity index is 842. The first-order chi connectivity index (χ1) is 13.8. The van der Waals surface area contributed by atoms with Crippen LogP contribution in [0.2, 0.25) is 0 Å². The average Bonchev–Trinajstić information content (AvgIpc) is 2.68. The molecule has 0 bridgehead atoms. The van der Waals surface area contributed by atoms with Gasteiger partial charge in [-0.25, -0.2) is 4.79 Å². The molecule has 1 fully saturated rings. The lowest BCUT2D eigenvalue weighted by Crippen LogP contribution is -2.55. The molecule has 29 heavy (non-hydrogen) atoms. The van der Waals surface area contributed by atoms with Gasteiger partial charge < -0.3 is 4.74 Å². The van der Waals surface area contributed by atoms with Crippen LogP contribution in [0.5, 0.6) is 0 Å². The molecular formula is C26H32O2S. The lowest BCUT2D eigenvalue weighted by atomic mass is 9.64. The lowest BCUT2D eigenvalue weighted by Gasteiger charge is -2.54. The zero-order valence-corrected chi connectivity index (χ0v) is 18.8. The van der Waals surface area contributed by atoms with E-state index in [0.29, 0.717) is 11.5 Å². The van der Waals surface area contributed by atoms with Crippen LogP contribution in [-0.4, -0.2) is 16.3 Å². The van der Waals surface area contributed by atoms with E-state index in [4.69, 9.17) is 4.74 Å². The third-order valence-corrected chi connectivity index (χ3v) is 7.49. The SMILES string of the molecule is CC(C)=CCC[C@](C)(OC(=O)c1ccccc1)[C@H]1CC[C@]1(C)Sc1ccccc1. The molecule has 2 aromatic rings. The van der Waals surface area contributed by atoms with Gasteiger partial charge in [0.2, 0.25) is 0 Å². The molecule has 1 saturated carbocycles. The summed E-state index contributed by atoms with van der Waals surface area (Å²) in [6, 6.07) is 19.9. The number of carbonyl (C=O) groups excluding carboxylic acids is 1. The van der Waals surface area contributed by atoms with E-state index in [2.05, 4.69) is 64.1 Å². The van der Waals surface area contributed by atoms with Crippen molar-refractivity contribution < 1.29 is 9.53 Å². The van der Waals surface area contributed by atoms with E-state index in [9.17, 15) is 4.79 Å². The van der Waals surface area contributed by atoms with Crippen LogP contribution in [-0.2, 0) is 4.74 Å². The molecule has 0 aliphatic heterocycles. The first-order valence-electron chi connectivity index (χ1n) is 10.5. The molecule has 3 heteroatoms. The van der Waals surface area contributed by atoms with Crippen LogP contribution in [0.25, 0.3) is 0 Å². The van der Waals surface area contributed by atoms with Gasteiger partial charge in [-0.3, -0.25) is 0 Å². The molecule has 2 aromatic carbocycles. The van der Waals surface area contributed by atoms with Crippen LogP contribution in [0.4, 0.5) is 0 Å². The van der Waals surface area contributed by atoms with Crippen molar-refractivity contribution in [2.45, 2.75) is 68.6 Å². The van der Waals surface area contributed by atoms with E-state index in [0.717, 1.165) is 25.7 Å². The van der Waals surface area contributed by atoms with Gasteiger partial charge in [0.05, 0.1) is 5.56 Å². The van der Waals surface area contributed by atoms with Crippen molar-refractivity contribution in [1.29, 1.82) is 0 Å². The average molecular weight is 409 g/mol. The van der Waals surface area contributed by atoms with Gasteiger partial charge in [-0.1, -0.05) is 48.0 Å². The van der Waals surface area contributed by atoms with Crippen molar-refractivity contribution in [3.63, 3.8) is 0 Å². The summed E-state index contributed by atoms with van der Waals surface area (Å²) in [5.74, 6) is 0.0997. The quantitative estimate of drug-likeness (QED) is 0.338. The molecule has 0 spiro atoms. The van der Waals surface area contributed by atoms with E-state index in [-0.39, 0.29) is 10.7 Å². The number of thioether (sulfide) groups is 1. The summed E-state index contributed by atoms with van der Waals surface area (Å²) in [6.45, 7) is 8.70. The summed E-state index contributed by atoms with van der Waals surface area (Å²) < 4.78 is 6.33. The van der Waals surface area contributed by atoms with Crippen molar-refractivity contribution in [1.82, 2.24) is 0 Å². The molecule has 3 rings (SSSR count). The summed E-state index contributed by atoms with van der Waals surface area (Å²) in [5, 5.41) is 0. The van der Waals surface area contributed by atoms with Gasteiger partial charge >= 0.3 is 5.97 Å². The Morgan fingerprint density at radius 3 is 2.31 bits per heavy atom. The topological polar surface area (TPSA) is 26.3 Å². The predicted molar refractivity (Wildman–Crippen MR) is 122 cm³/mol. The van der Waals surface area contributed by atoms with Crippen LogP contribution < -0.4 is 0 Å². The highest BCUT2D eigenvalue weighted by Gasteiger charge is 2.54. The summed E-state index contributed by atoms with van der Waals surface area (Å²) in [7, 11) is 0. The Morgan fingerprint density at radius 2 is 1.76 bits per heavy atom. The highest BCUT2D eigenvalue weighted by Crippen LogP contribution is 2.57. The Kier molecular flexibility index (Phi) is 6.89. The third-order valence-electron chi connectivity index (χ3n) is 6.03. The second kappa shape index (κ2) is 9.21. The van der Waals surface area contributed by atoms with Crippen molar-refractivity contribution in [3.05, 3.63) is 77.9 Å². The minimum atomic E-state index is -0.492. The van der Waals surface area contributed by atoms with Gasteiger partial charge in [0.25, 0.3) is 0 Å². The largest absolute Gasteiger partial charge is 0.455 e. The van der Waals surface area contributed by atoms with Crippen molar-refractivity contribution in [3.8, 4) is 0 Å². The number of hydrogen-bond donors (Lipinski definition) is 0. The van der Waals surface area contributed by atoms with Gasteiger partial charge in [-0.2, -0.15) is 0 Å². The number of hydrogen-bond acceptors (Lipinski definition) is 3. The molecule has 0 N–H and O–H groups in total. The second-order valence-electron chi connectivity index (χ2n) is 8.71. The standard InChI is InChI=1S/C26H32O2S/c1-20(2)12-11-18-25(3,28-24(27)21-13-7-5-8-14-21)23-17-19-26(23,4)29-22-15-9-6-10-16-22/h5-10,12-16,23H,11,17-19H2,1-4H3/t23-,25+,26+/m1/s1. The van der Waals surface area contributed by atoms with E-state index in [1.807, 2.05) is 42.1 Å². The fourth-order valence-electron chi connectivity index (χ4n) is 4.32. The zero-order valence-electron chi connectivity index (χ0n) is 18.0. The number of esters is 1. The van der Waals surface area contributed by atoms with E-state index >= 15 is 0 Å². The number of carbonyl (C=O) groups is 1. The molecule has 154 valence electrons. The molecule has 1 aliphatic rings. The lowest BCUT2D eigenvalue weighted by molar-refractivity contribution is -0.0774. The number of ether oxygens (including phenoxy) is 1. The van der Waals surface area contributed by atoms with Crippen LogP contribution in [0.15, 0.2) is 77.2 Å². The minimum Gasteiger partial charge on any atom is -0.455 e. The Balaban J connectivity index is 1.82. The van der Waals surface area contributed by atoms with Gasteiger partial charge in [-0.05, 0) is 77.6 Å². The van der Waals surface area contributed by atoms with Crippen LogP contribution in [0, 0.1) is 5.92 Å². The molecule has 1 aliphatic carbocycles. The Hall–Kier alpha value is -2.00. The van der Waals surface area contributed by atoms with Gasteiger partial charge in [-0.15, -0.1) is 11.8 Å². The zero-order chi connectivity index (χ0) is 20.9. The molecule has 2 nitrogen and oxygen atoms in total. The first-order valence-corrected chi connectivity index (χ1v) is 11.3. The first kappa shape index (κ1) is 21.7. The van der Waals surface area contributed by atoms with Crippen molar-refractivity contribution in [2.75, 3.05) is 0 Å².